The Hall–Kier alpha value is -4.93. The Morgan fingerprint density at radius 2 is 1.29 bits per heavy atom. The van der Waals surface area contributed by atoms with Crippen LogP contribution >= 0.6 is 0 Å². The van der Waals surface area contributed by atoms with Crippen molar-refractivity contribution >= 4 is 53.3 Å². The van der Waals surface area contributed by atoms with Crippen molar-refractivity contribution in [2.75, 3.05) is 19.7 Å². The fourth-order valence-electron chi connectivity index (χ4n) is 6.24. The molecule has 0 aromatic heterocycles. The number of nitrogens with two attached hydrogens (primary N) is 2. The number of aliphatic hydroxyl groups excluding tert-OH is 2. The van der Waals surface area contributed by atoms with E-state index in [-0.39, 0.29) is 38.3 Å². The summed E-state index contributed by atoms with van der Waals surface area (Å²) in [5.41, 5.74) is 11.5. The first-order chi connectivity index (χ1) is 27.5. The number of nitrogens with zero attached hydrogens (tertiary/aromatic N) is 1. The van der Waals surface area contributed by atoms with Gasteiger partial charge in [0.1, 0.15) is 42.3 Å². The van der Waals surface area contributed by atoms with Crippen LogP contribution in [0, 0.1) is 11.8 Å². The molecular weight excluding hydrogens is 778 g/mol. The lowest BCUT2D eigenvalue weighted by Crippen LogP contribution is -2.62. The molecule has 0 aromatic rings. The van der Waals surface area contributed by atoms with E-state index in [2.05, 4.69) is 31.9 Å². The third kappa shape index (κ3) is 17.4. The Morgan fingerprint density at radius 3 is 1.81 bits per heavy atom. The average molecular weight is 844 g/mol. The van der Waals surface area contributed by atoms with Crippen LogP contribution in [0.2, 0.25) is 0 Å². The van der Waals surface area contributed by atoms with Crippen molar-refractivity contribution in [2.24, 2.45) is 23.3 Å². The van der Waals surface area contributed by atoms with E-state index in [4.69, 9.17) is 11.5 Å². The minimum absolute atomic E-state index is 0.0318. The SMILES string of the molecule is CC(C)C[C@H](N)C(=O)N[C@@H](CO)C(=O)N[C@@H](CCC(=O)O)C(=O)N[C@H](C(=O)N[C@@H](CCCCN)C(=O)N1CCC[C@H]1C(=O)N[C@@H](C)C(=O)N[C@H](C(=O)O)C(C)C)[C@@H](C)O. The number of hydrogen-bond acceptors (Lipinski definition) is 13. The Morgan fingerprint density at radius 1 is 0.712 bits per heavy atom. The van der Waals surface area contributed by atoms with E-state index in [0.29, 0.717) is 19.3 Å². The molecule has 336 valence electrons. The molecular formula is C37H65N9O13. The van der Waals surface area contributed by atoms with Gasteiger partial charge in [-0.25, -0.2) is 4.79 Å². The number of likely N-dealkylation sites (tertiary alicyclic amines) is 1. The normalized spacial score (nSPS) is 18.0. The molecule has 0 saturated carbocycles. The van der Waals surface area contributed by atoms with E-state index in [1.54, 1.807) is 13.8 Å². The number of carbonyl (C=O) groups is 9. The van der Waals surface area contributed by atoms with Gasteiger partial charge < -0.3 is 68.7 Å². The third-order valence-electron chi connectivity index (χ3n) is 9.60. The summed E-state index contributed by atoms with van der Waals surface area (Å²) in [5.74, 6) is -9.07. The standard InChI is InChI=1S/C37H65N9O13/c1-18(2)16-22(39)31(52)43-25(17-47)33(54)41-23(12-13-27(49)50)32(53)45-29(21(6)48)35(56)42-24(10-7-8-14-38)36(57)46-15-9-11-26(46)34(55)40-20(5)30(51)44-28(19(3)4)37(58)59/h18-26,28-29,47-48H,7-17,38-39H2,1-6H3,(H,40,55)(H,41,54)(H,42,56)(H,43,52)(H,44,51)(H,45,53)(H,49,50)(H,58,59)/t20-,21+,22-,23-,24-,25-,26-,28-,29-/m0/s1. The Kier molecular flexibility index (Phi) is 22.5. The van der Waals surface area contributed by atoms with Crippen LogP contribution in [0.25, 0.3) is 0 Å². The van der Waals surface area contributed by atoms with E-state index < -0.39 is 133 Å². The van der Waals surface area contributed by atoms with Crippen molar-refractivity contribution < 1.29 is 63.6 Å². The largest absolute Gasteiger partial charge is 0.481 e. The molecule has 9 atom stereocenters. The van der Waals surface area contributed by atoms with Crippen LogP contribution in [0.1, 0.15) is 92.9 Å². The van der Waals surface area contributed by atoms with Crippen LogP contribution in [-0.4, -0.2) is 153 Å². The Labute approximate surface area is 343 Å². The number of aliphatic hydroxyl groups is 2. The van der Waals surface area contributed by atoms with Crippen molar-refractivity contribution in [3.05, 3.63) is 0 Å². The second-order valence-electron chi connectivity index (χ2n) is 15.5. The van der Waals surface area contributed by atoms with E-state index in [1.165, 1.54) is 11.8 Å². The predicted octanol–water partition coefficient (Wildman–Crippen LogP) is -3.61. The quantitative estimate of drug-likeness (QED) is 0.0374. The summed E-state index contributed by atoms with van der Waals surface area (Å²) in [4.78, 5) is 117. The van der Waals surface area contributed by atoms with Crippen molar-refractivity contribution in [1.29, 1.82) is 0 Å². The van der Waals surface area contributed by atoms with Gasteiger partial charge in [-0.1, -0.05) is 27.7 Å². The molecule has 22 heteroatoms. The van der Waals surface area contributed by atoms with Crippen molar-refractivity contribution in [3.8, 4) is 0 Å². The molecule has 14 N–H and O–H groups in total. The second-order valence-corrected chi connectivity index (χ2v) is 15.5. The molecule has 59 heavy (non-hydrogen) atoms. The molecule has 0 bridgehead atoms. The highest BCUT2D eigenvalue weighted by molar-refractivity contribution is 5.98. The molecule has 7 amide bonds. The topological polar surface area (TPSA) is 362 Å². The summed E-state index contributed by atoms with van der Waals surface area (Å²) in [6.45, 7) is 8.83. The molecule has 0 unspecified atom stereocenters. The first kappa shape index (κ1) is 52.1. The Bertz CT molecular complexity index is 1480. The number of carboxylic acid groups (broad SMARTS) is 2. The lowest BCUT2D eigenvalue weighted by molar-refractivity contribution is -0.144. The number of carboxylic acids is 2. The number of nitrogens with one attached hydrogen (secondary N) is 6. The molecule has 0 radical (unpaired) electrons. The molecule has 1 fully saturated rings. The van der Waals surface area contributed by atoms with E-state index in [0.717, 1.165) is 6.92 Å². The maximum absolute atomic E-state index is 14.0. The highest BCUT2D eigenvalue weighted by atomic mass is 16.4. The van der Waals surface area contributed by atoms with Gasteiger partial charge in [0.25, 0.3) is 0 Å². The molecule has 1 rings (SSSR count). The van der Waals surface area contributed by atoms with Gasteiger partial charge in [0.2, 0.25) is 41.4 Å². The van der Waals surface area contributed by atoms with Crippen LogP contribution < -0.4 is 43.4 Å². The molecule has 0 aromatic carbocycles. The average Bonchev–Trinajstić information content (AvgIpc) is 3.65. The van der Waals surface area contributed by atoms with E-state index in [9.17, 15) is 63.6 Å². The molecule has 0 spiro atoms. The number of unbranched alkanes of at least 4 members (excludes halogenated alkanes) is 1. The minimum atomic E-state index is -1.75. The summed E-state index contributed by atoms with van der Waals surface area (Å²) in [5, 5.41) is 53.4. The lowest BCUT2D eigenvalue weighted by atomic mass is 10.0. The zero-order valence-corrected chi connectivity index (χ0v) is 34.7. The third-order valence-corrected chi connectivity index (χ3v) is 9.60. The Balaban J connectivity index is 3.23. The van der Waals surface area contributed by atoms with Gasteiger partial charge in [-0.2, -0.15) is 0 Å². The summed E-state index contributed by atoms with van der Waals surface area (Å²) < 4.78 is 0. The van der Waals surface area contributed by atoms with Gasteiger partial charge in [-0.3, -0.25) is 38.4 Å². The van der Waals surface area contributed by atoms with Crippen molar-refractivity contribution in [1.82, 2.24) is 36.8 Å². The predicted molar refractivity (Wildman–Crippen MR) is 210 cm³/mol. The van der Waals surface area contributed by atoms with Crippen LogP contribution in [0.5, 0.6) is 0 Å². The monoisotopic (exact) mass is 843 g/mol. The first-order valence-electron chi connectivity index (χ1n) is 19.9. The smallest absolute Gasteiger partial charge is 0.326 e. The second kappa shape index (κ2) is 25.5. The highest BCUT2D eigenvalue weighted by Crippen LogP contribution is 2.20. The number of amides is 7. The number of aliphatic carboxylic acids is 2. The van der Waals surface area contributed by atoms with Crippen molar-refractivity contribution in [2.45, 2.75) is 147 Å². The summed E-state index contributed by atoms with van der Waals surface area (Å²) in [7, 11) is 0. The molecule has 1 heterocycles. The van der Waals surface area contributed by atoms with Gasteiger partial charge in [0.15, 0.2) is 0 Å². The zero-order valence-electron chi connectivity index (χ0n) is 34.7. The summed E-state index contributed by atoms with van der Waals surface area (Å²) in [6.07, 6.45) is -1.05. The number of carbonyl (C=O) groups excluding carboxylic acids is 7. The van der Waals surface area contributed by atoms with Crippen LogP contribution in [-0.2, 0) is 43.2 Å². The minimum Gasteiger partial charge on any atom is -0.481 e. The van der Waals surface area contributed by atoms with Crippen LogP contribution in [0.3, 0.4) is 0 Å². The fourth-order valence-corrected chi connectivity index (χ4v) is 6.24. The lowest BCUT2D eigenvalue weighted by Gasteiger charge is -2.31. The first-order valence-corrected chi connectivity index (χ1v) is 19.9. The van der Waals surface area contributed by atoms with Gasteiger partial charge >= 0.3 is 11.9 Å². The van der Waals surface area contributed by atoms with Gasteiger partial charge in [0, 0.05) is 13.0 Å². The van der Waals surface area contributed by atoms with E-state index in [1.807, 2.05) is 13.8 Å². The number of hydrogen-bond donors (Lipinski definition) is 12. The van der Waals surface area contributed by atoms with Gasteiger partial charge in [0.05, 0.1) is 18.8 Å². The molecule has 22 nitrogen and oxygen atoms in total. The molecule has 1 aliphatic heterocycles. The molecule has 0 aliphatic carbocycles. The van der Waals surface area contributed by atoms with Gasteiger partial charge in [-0.15, -0.1) is 0 Å². The maximum Gasteiger partial charge on any atom is 0.326 e. The highest BCUT2D eigenvalue weighted by Gasteiger charge is 2.40. The molecule has 1 saturated heterocycles. The summed E-state index contributed by atoms with van der Waals surface area (Å²) >= 11 is 0. The van der Waals surface area contributed by atoms with E-state index >= 15 is 0 Å². The maximum atomic E-state index is 14.0. The van der Waals surface area contributed by atoms with Crippen molar-refractivity contribution in [3.63, 3.8) is 0 Å². The zero-order chi connectivity index (χ0) is 45.1. The number of rotatable bonds is 26. The van der Waals surface area contributed by atoms with Gasteiger partial charge in [-0.05, 0) is 77.2 Å². The van der Waals surface area contributed by atoms with Crippen LogP contribution in [0.4, 0.5) is 0 Å². The fraction of sp³-hybridized carbons (Fsp3) is 0.757. The summed E-state index contributed by atoms with van der Waals surface area (Å²) in [6, 6.07) is -10.7. The van der Waals surface area contributed by atoms with Crippen LogP contribution in [0.15, 0.2) is 0 Å². The molecule has 1 aliphatic rings.